The maximum Gasteiger partial charge on any atom is 0.263 e. The Morgan fingerprint density at radius 2 is 2.08 bits per heavy atom. The van der Waals surface area contributed by atoms with E-state index in [0.717, 1.165) is 10.6 Å². The average molecular weight is 344 g/mol. The van der Waals surface area contributed by atoms with Crippen LogP contribution in [0.1, 0.15) is 58.8 Å². The highest BCUT2D eigenvalue weighted by Crippen LogP contribution is 2.41. The summed E-state index contributed by atoms with van der Waals surface area (Å²) in [6, 6.07) is 10.0. The molecule has 3 rings (SSSR count). The van der Waals surface area contributed by atoms with Crippen LogP contribution < -0.4 is 5.32 Å². The molecule has 2 aromatic rings. The van der Waals surface area contributed by atoms with Crippen molar-refractivity contribution in [3.63, 3.8) is 0 Å². The fourth-order valence-electron chi connectivity index (χ4n) is 2.83. The van der Waals surface area contributed by atoms with Gasteiger partial charge in [0, 0.05) is 25.0 Å². The molecule has 1 aliphatic rings. The van der Waals surface area contributed by atoms with Crippen LogP contribution in [0.2, 0.25) is 0 Å². The Hall–Kier alpha value is -1.72. The third-order valence-electron chi connectivity index (χ3n) is 4.69. The zero-order valence-corrected chi connectivity index (χ0v) is 15.0. The van der Waals surface area contributed by atoms with E-state index in [9.17, 15) is 9.90 Å². The monoisotopic (exact) mass is 344 g/mol. The quantitative estimate of drug-likeness (QED) is 0.807. The SMILES string of the molecule is CC(C)(CO)[C@H](CNC(=O)c1cnc(C2CC2)s1)c1ccccc1. The molecule has 1 amide bonds. The maximum atomic E-state index is 12.4. The lowest BCUT2D eigenvalue weighted by molar-refractivity contribution is 0.0924. The molecular formula is C19H24N2O2S. The minimum atomic E-state index is -0.318. The number of thiazole rings is 1. The van der Waals surface area contributed by atoms with E-state index >= 15 is 0 Å². The van der Waals surface area contributed by atoms with Gasteiger partial charge in [0.15, 0.2) is 0 Å². The summed E-state index contributed by atoms with van der Waals surface area (Å²) in [7, 11) is 0. The number of nitrogens with one attached hydrogen (secondary N) is 1. The normalized spacial score (nSPS) is 16.0. The van der Waals surface area contributed by atoms with Crippen LogP contribution in [0.4, 0.5) is 0 Å². The minimum absolute atomic E-state index is 0.0449. The lowest BCUT2D eigenvalue weighted by Gasteiger charge is -2.33. The molecule has 1 aliphatic carbocycles. The number of aliphatic hydroxyl groups excluding tert-OH is 1. The summed E-state index contributed by atoms with van der Waals surface area (Å²) in [4.78, 5) is 17.5. The molecule has 1 saturated carbocycles. The largest absolute Gasteiger partial charge is 0.396 e. The van der Waals surface area contributed by atoms with Gasteiger partial charge >= 0.3 is 0 Å². The van der Waals surface area contributed by atoms with Crippen molar-refractivity contribution in [2.75, 3.05) is 13.2 Å². The van der Waals surface area contributed by atoms with E-state index < -0.39 is 0 Å². The van der Waals surface area contributed by atoms with E-state index in [1.165, 1.54) is 24.2 Å². The molecule has 1 aromatic heterocycles. The van der Waals surface area contributed by atoms with Crippen LogP contribution in [-0.2, 0) is 0 Å². The second-order valence-electron chi connectivity index (χ2n) is 7.16. The first-order chi connectivity index (χ1) is 11.5. The number of rotatable bonds is 7. The van der Waals surface area contributed by atoms with Crippen LogP contribution in [0.15, 0.2) is 36.5 Å². The Morgan fingerprint density at radius 3 is 2.71 bits per heavy atom. The average Bonchev–Trinajstić information content (AvgIpc) is 3.32. The number of carbonyl (C=O) groups excluding carboxylic acids is 1. The van der Waals surface area contributed by atoms with Crippen LogP contribution >= 0.6 is 11.3 Å². The van der Waals surface area contributed by atoms with Gasteiger partial charge in [-0.2, -0.15) is 0 Å². The molecule has 0 unspecified atom stereocenters. The predicted octanol–water partition coefficient (Wildman–Crippen LogP) is 3.55. The highest BCUT2D eigenvalue weighted by Gasteiger charge is 2.31. The Morgan fingerprint density at radius 1 is 1.38 bits per heavy atom. The molecule has 24 heavy (non-hydrogen) atoms. The van der Waals surface area contributed by atoms with Gasteiger partial charge in [-0.3, -0.25) is 4.79 Å². The summed E-state index contributed by atoms with van der Waals surface area (Å²) in [6.45, 7) is 4.60. The summed E-state index contributed by atoms with van der Waals surface area (Å²) in [5.41, 5.74) is 0.807. The molecule has 0 aliphatic heterocycles. The third kappa shape index (κ3) is 3.84. The van der Waals surface area contributed by atoms with Crippen LogP contribution in [0.25, 0.3) is 0 Å². The predicted molar refractivity (Wildman–Crippen MR) is 96.5 cm³/mol. The Bertz CT molecular complexity index is 692. The zero-order chi connectivity index (χ0) is 17.2. The van der Waals surface area contributed by atoms with Gasteiger partial charge in [0.2, 0.25) is 0 Å². The minimum Gasteiger partial charge on any atom is -0.396 e. The number of amides is 1. The molecule has 1 aromatic carbocycles. The topological polar surface area (TPSA) is 62.2 Å². The number of nitrogens with zero attached hydrogens (tertiary/aromatic N) is 1. The van der Waals surface area contributed by atoms with Crippen molar-refractivity contribution in [2.24, 2.45) is 5.41 Å². The maximum absolute atomic E-state index is 12.4. The molecule has 0 spiro atoms. The molecular weight excluding hydrogens is 320 g/mol. The number of aliphatic hydroxyl groups is 1. The first kappa shape index (κ1) is 17.1. The second-order valence-corrected chi connectivity index (χ2v) is 8.22. The molecule has 1 heterocycles. The van der Waals surface area contributed by atoms with Gasteiger partial charge in [-0.05, 0) is 23.8 Å². The molecule has 1 atom stereocenters. The fraction of sp³-hybridized carbons (Fsp3) is 0.474. The van der Waals surface area contributed by atoms with E-state index in [4.69, 9.17) is 0 Å². The molecule has 0 bridgehead atoms. The van der Waals surface area contributed by atoms with Gasteiger partial charge < -0.3 is 10.4 Å². The van der Waals surface area contributed by atoms with Gasteiger partial charge in [-0.1, -0.05) is 44.2 Å². The van der Waals surface area contributed by atoms with Crippen molar-refractivity contribution in [1.29, 1.82) is 0 Å². The Balaban J connectivity index is 1.69. The lowest BCUT2D eigenvalue weighted by atomic mass is 9.75. The number of hydrogen-bond acceptors (Lipinski definition) is 4. The number of aromatic nitrogens is 1. The van der Waals surface area contributed by atoms with Crippen LogP contribution in [-0.4, -0.2) is 29.1 Å². The highest BCUT2D eigenvalue weighted by molar-refractivity contribution is 7.13. The van der Waals surface area contributed by atoms with Crippen LogP contribution in [0.5, 0.6) is 0 Å². The molecule has 0 saturated heterocycles. The van der Waals surface area contributed by atoms with E-state index in [1.807, 2.05) is 44.2 Å². The fourth-order valence-corrected chi connectivity index (χ4v) is 3.84. The van der Waals surface area contributed by atoms with E-state index in [0.29, 0.717) is 17.3 Å². The summed E-state index contributed by atoms with van der Waals surface area (Å²) in [5, 5.41) is 13.9. The molecule has 5 heteroatoms. The summed E-state index contributed by atoms with van der Waals surface area (Å²) in [6.07, 6.45) is 4.06. The van der Waals surface area contributed by atoms with Crippen LogP contribution in [0, 0.1) is 5.41 Å². The first-order valence-corrected chi connectivity index (χ1v) is 9.22. The van der Waals surface area contributed by atoms with E-state index in [-0.39, 0.29) is 23.8 Å². The van der Waals surface area contributed by atoms with Crippen molar-refractivity contribution < 1.29 is 9.90 Å². The molecule has 0 radical (unpaired) electrons. The standard InChI is InChI=1S/C19H24N2O2S/c1-19(2,12-22)15(13-6-4-3-5-7-13)10-20-17(23)16-11-21-18(24-16)14-8-9-14/h3-7,11,14-15,22H,8-10,12H2,1-2H3,(H,20,23)/t15-/m1/s1. The van der Waals surface area contributed by atoms with Crippen molar-refractivity contribution in [1.82, 2.24) is 10.3 Å². The second kappa shape index (κ2) is 7.03. The Labute approximate surface area is 146 Å². The van der Waals surface area contributed by atoms with Crippen molar-refractivity contribution in [3.8, 4) is 0 Å². The van der Waals surface area contributed by atoms with E-state index in [2.05, 4.69) is 10.3 Å². The lowest BCUT2D eigenvalue weighted by Crippen LogP contribution is -2.36. The number of hydrogen-bond donors (Lipinski definition) is 2. The van der Waals surface area contributed by atoms with Gasteiger partial charge in [-0.25, -0.2) is 4.98 Å². The zero-order valence-electron chi connectivity index (χ0n) is 14.2. The van der Waals surface area contributed by atoms with Crippen molar-refractivity contribution >= 4 is 17.2 Å². The molecule has 128 valence electrons. The smallest absolute Gasteiger partial charge is 0.263 e. The molecule has 1 fully saturated rings. The Kier molecular flexibility index (Phi) is 5.01. The number of benzene rings is 1. The van der Waals surface area contributed by atoms with Crippen LogP contribution in [0.3, 0.4) is 0 Å². The first-order valence-electron chi connectivity index (χ1n) is 8.41. The summed E-state index contributed by atoms with van der Waals surface area (Å²) < 4.78 is 0. The van der Waals surface area contributed by atoms with Crippen molar-refractivity contribution in [2.45, 2.75) is 38.5 Å². The molecule has 4 nitrogen and oxygen atoms in total. The summed E-state index contributed by atoms with van der Waals surface area (Å²) in [5.74, 6) is 0.541. The molecule has 2 N–H and O–H groups in total. The van der Waals surface area contributed by atoms with Crippen molar-refractivity contribution in [3.05, 3.63) is 52.0 Å². The van der Waals surface area contributed by atoms with Gasteiger partial charge in [0.05, 0.1) is 11.2 Å². The van der Waals surface area contributed by atoms with E-state index in [1.54, 1.807) is 6.20 Å². The third-order valence-corrected chi connectivity index (χ3v) is 5.85. The number of carbonyl (C=O) groups is 1. The summed E-state index contributed by atoms with van der Waals surface area (Å²) >= 11 is 1.50. The van der Waals surface area contributed by atoms with Gasteiger partial charge in [-0.15, -0.1) is 11.3 Å². The highest BCUT2D eigenvalue weighted by atomic mass is 32.1. The van der Waals surface area contributed by atoms with Gasteiger partial charge in [0.25, 0.3) is 5.91 Å². The van der Waals surface area contributed by atoms with Gasteiger partial charge in [0.1, 0.15) is 4.88 Å².